The fourth-order valence-electron chi connectivity index (χ4n) is 3.03. The van der Waals surface area contributed by atoms with Crippen LogP contribution < -0.4 is 16.0 Å². The number of halogens is 1. The zero-order valence-electron chi connectivity index (χ0n) is 17.1. The van der Waals surface area contributed by atoms with Crippen LogP contribution in [0.4, 0.5) is 0 Å². The second kappa shape index (κ2) is 10.5. The highest BCUT2D eigenvalue weighted by molar-refractivity contribution is 6.31. The number of Topliss-reactive ketones (excluding diaryl/α,β-unsaturated/α-hetero) is 1. The van der Waals surface area contributed by atoms with Crippen LogP contribution in [0.1, 0.15) is 36.2 Å². The Morgan fingerprint density at radius 2 is 2.07 bits per heavy atom. The summed E-state index contributed by atoms with van der Waals surface area (Å²) in [5, 5.41) is 0.421. The lowest BCUT2D eigenvalue weighted by atomic mass is 9.96. The van der Waals surface area contributed by atoms with E-state index in [1.807, 2.05) is 0 Å². The van der Waals surface area contributed by atoms with Crippen molar-refractivity contribution < 1.29 is 14.3 Å². The lowest BCUT2D eigenvalue weighted by molar-refractivity contribution is -0.110. The van der Waals surface area contributed by atoms with E-state index in [-0.39, 0.29) is 12.2 Å². The number of allylic oxidation sites excluding steroid dienone is 2. The molecule has 1 heterocycles. The minimum absolute atomic E-state index is 0.0887. The Hall–Kier alpha value is -3.19. The minimum atomic E-state index is -0.821. The van der Waals surface area contributed by atoms with Gasteiger partial charge in [-0.15, -0.1) is 0 Å². The second-order valence-corrected chi connectivity index (χ2v) is 6.96. The molecule has 158 valence electrons. The van der Waals surface area contributed by atoms with E-state index in [4.69, 9.17) is 22.1 Å². The predicted octanol–water partition coefficient (Wildman–Crippen LogP) is 3.44. The average molecular weight is 430 g/mol. The van der Waals surface area contributed by atoms with Gasteiger partial charge in [0.15, 0.2) is 5.78 Å². The molecule has 0 saturated heterocycles. The van der Waals surface area contributed by atoms with Crippen molar-refractivity contribution in [3.05, 3.63) is 63.2 Å². The number of aldehydes is 1. The third-order valence-corrected chi connectivity index (χ3v) is 4.79. The first-order chi connectivity index (χ1) is 14.4. The number of methoxy groups -OCH3 is 1. The number of pyridine rings is 1. The van der Waals surface area contributed by atoms with Gasteiger partial charge in [0.1, 0.15) is 12.0 Å². The van der Waals surface area contributed by atoms with Gasteiger partial charge in [-0.25, -0.2) is 0 Å². The third kappa shape index (κ3) is 5.24. The van der Waals surface area contributed by atoms with Gasteiger partial charge in [-0.1, -0.05) is 18.5 Å². The zero-order chi connectivity index (χ0) is 22.3. The van der Waals surface area contributed by atoms with Crippen molar-refractivity contribution in [2.75, 3.05) is 14.2 Å². The molecular weight excluding hydrogens is 406 g/mol. The summed E-state index contributed by atoms with van der Waals surface area (Å²) in [5.41, 5.74) is 7.24. The molecule has 0 radical (unpaired) electrons. The summed E-state index contributed by atoms with van der Waals surface area (Å²) >= 11 is 6.14. The number of hydrogen-bond donors (Lipinski definition) is 1. The first-order valence-electron chi connectivity index (χ1n) is 9.31. The number of ketones is 1. The van der Waals surface area contributed by atoms with Gasteiger partial charge in [0.2, 0.25) is 0 Å². The fraction of sp³-hybridized carbons (Fsp3) is 0.273. The van der Waals surface area contributed by atoms with Crippen molar-refractivity contribution in [3.63, 3.8) is 0 Å². The number of nitrogens with two attached hydrogens (primary N) is 1. The number of benzene rings is 1. The van der Waals surface area contributed by atoms with Crippen LogP contribution in [0.15, 0.2) is 52.0 Å². The Kier molecular flexibility index (Phi) is 8.12. The van der Waals surface area contributed by atoms with Crippen LogP contribution in [-0.2, 0) is 4.79 Å². The van der Waals surface area contributed by atoms with E-state index in [0.29, 0.717) is 45.9 Å². The highest BCUT2D eigenvalue weighted by Gasteiger charge is 2.20. The Labute approximate surface area is 179 Å². The molecule has 8 heteroatoms. The second-order valence-electron chi connectivity index (χ2n) is 6.52. The van der Waals surface area contributed by atoms with Gasteiger partial charge >= 0.3 is 0 Å². The molecule has 30 heavy (non-hydrogen) atoms. The van der Waals surface area contributed by atoms with Crippen molar-refractivity contribution in [3.8, 4) is 16.9 Å². The molecule has 0 fully saturated rings. The van der Waals surface area contributed by atoms with Crippen LogP contribution >= 0.6 is 11.6 Å². The van der Waals surface area contributed by atoms with Gasteiger partial charge in [-0.2, -0.15) is 0 Å². The van der Waals surface area contributed by atoms with Gasteiger partial charge < -0.3 is 19.8 Å². The number of aromatic nitrogens is 1. The van der Waals surface area contributed by atoms with Crippen molar-refractivity contribution >= 4 is 29.9 Å². The molecule has 0 amide bonds. The van der Waals surface area contributed by atoms with Crippen molar-refractivity contribution in [2.45, 2.75) is 25.8 Å². The fourth-order valence-corrected chi connectivity index (χ4v) is 3.20. The maximum Gasteiger partial charge on any atom is 0.252 e. The molecule has 1 aromatic heterocycles. The number of ether oxygens (including phenoxy) is 1. The smallest absolute Gasteiger partial charge is 0.252 e. The largest absolute Gasteiger partial charge is 0.495 e. The topological polar surface area (TPSA) is 104 Å². The molecule has 2 rings (SSSR count). The number of rotatable bonds is 9. The van der Waals surface area contributed by atoms with E-state index in [1.165, 1.54) is 30.2 Å². The molecule has 0 aliphatic heterocycles. The molecule has 0 bridgehead atoms. The number of nitrogens with zero attached hydrogens (tertiary/aromatic N) is 2. The van der Waals surface area contributed by atoms with E-state index < -0.39 is 11.6 Å². The Morgan fingerprint density at radius 1 is 1.33 bits per heavy atom. The van der Waals surface area contributed by atoms with Gasteiger partial charge in [-0.05, 0) is 29.8 Å². The monoisotopic (exact) mass is 429 g/mol. The van der Waals surface area contributed by atoms with E-state index in [0.717, 1.165) is 0 Å². The van der Waals surface area contributed by atoms with Crippen LogP contribution in [-0.4, -0.2) is 37.0 Å². The number of hydrogen-bond acceptors (Lipinski definition) is 6. The molecular formula is C22H24ClN3O4. The summed E-state index contributed by atoms with van der Waals surface area (Å²) in [6, 6.07) is 5.38. The number of aliphatic imine (C=N–C) groups is 1. The first kappa shape index (κ1) is 23.1. The summed E-state index contributed by atoms with van der Waals surface area (Å²) in [5.74, 6) is 0.237. The molecule has 0 spiro atoms. The predicted molar refractivity (Wildman–Crippen MR) is 119 cm³/mol. The molecule has 0 aliphatic rings. The summed E-state index contributed by atoms with van der Waals surface area (Å²) in [6.07, 6.45) is 5.61. The Morgan fingerprint density at radius 3 is 2.67 bits per heavy atom. The standard InChI is InChI=1S/C22H24ClN3O4/c1-4-20(28)17-6-5-14(23)9-18(17)19-11-22(29)26(12-21(19)30-3)16(13-27)10-15(24)7-8-25-2/h5-9,11-13,16H,4,10,24H2,1-3H3. The molecule has 0 saturated carbocycles. The van der Waals surface area contributed by atoms with Gasteiger partial charge in [0.25, 0.3) is 5.56 Å². The van der Waals surface area contributed by atoms with E-state index in [1.54, 1.807) is 38.2 Å². The van der Waals surface area contributed by atoms with E-state index >= 15 is 0 Å². The molecule has 0 aliphatic carbocycles. The normalized spacial score (nSPS) is 12.7. The number of carbonyl (C=O) groups is 2. The lowest BCUT2D eigenvalue weighted by Crippen LogP contribution is -2.26. The average Bonchev–Trinajstić information content (AvgIpc) is 2.75. The van der Waals surface area contributed by atoms with Crippen molar-refractivity contribution in [2.24, 2.45) is 10.7 Å². The van der Waals surface area contributed by atoms with Gasteiger partial charge in [0.05, 0.1) is 19.3 Å². The lowest BCUT2D eigenvalue weighted by Gasteiger charge is -2.18. The molecule has 2 N–H and O–H groups in total. The highest BCUT2D eigenvalue weighted by Crippen LogP contribution is 2.34. The summed E-state index contributed by atoms with van der Waals surface area (Å²) in [6.45, 7) is 1.76. The highest BCUT2D eigenvalue weighted by atomic mass is 35.5. The van der Waals surface area contributed by atoms with Crippen molar-refractivity contribution in [1.82, 2.24) is 4.57 Å². The van der Waals surface area contributed by atoms with Crippen LogP contribution in [0, 0.1) is 0 Å². The first-order valence-corrected chi connectivity index (χ1v) is 9.69. The molecule has 7 nitrogen and oxygen atoms in total. The Balaban J connectivity index is 2.62. The van der Waals surface area contributed by atoms with Crippen LogP contribution in [0.5, 0.6) is 5.75 Å². The van der Waals surface area contributed by atoms with E-state index in [9.17, 15) is 14.4 Å². The number of carbonyl (C=O) groups excluding carboxylic acids is 2. The third-order valence-electron chi connectivity index (χ3n) is 4.55. The SMILES string of the molecule is CCC(=O)c1ccc(Cl)cc1-c1cc(=O)n(C(C=O)CC(N)=CC=NC)cc1OC. The molecule has 1 unspecified atom stereocenters. The van der Waals surface area contributed by atoms with Crippen molar-refractivity contribution in [1.29, 1.82) is 0 Å². The summed E-state index contributed by atoms with van der Waals surface area (Å²) < 4.78 is 6.73. The summed E-state index contributed by atoms with van der Waals surface area (Å²) in [4.78, 5) is 40.7. The quantitative estimate of drug-likeness (QED) is 0.373. The maximum absolute atomic E-state index is 12.9. The zero-order valence-corrected chi connectivity index (χ0v) is 17.8. The van der Waals surface area contributed by atoms with E-state index in [2.05, 4.69) is 4.99 Å². The van der Waals surface area contributed by atoms with Crippen LogP contribution in [0.2, 0.25) is 5.02 Å². The molecule has 1 atom stereocenters. The Bertz CT molecular complexity index is 1060. The van der Waals surface area contributed by atoms with Gasteiger partial charge in [0, 0.05) is 54.0 Å². The molecule has 2 aromatic rings. The molecule has 1 aromatic carbocycles. The maximum atomic E-state index is 12.9. The van der Waals surface area contributed by atoms with Crippen LogP contribution in [0.3, 0.4) is 0 Å². The summed E-state index contributed by atoms with van der Waals surface area (Å²) in [7, 11) is 3.05. The minimum Gasteiger partial charge on any atom is -0.495 e. The van der Waals surface area contributed by atoms with Gasteiger partial charge in [-0.3, -0.25) is 14.6 Å². The van der Waals surface area contributed by atoms with Crippen LogP contribution in [0.25, 0.3) is 11.1 Å².